The van der Waals surface area contributed by atoms with E-state index < -0.39 is 16.1 Å². The van der Waals surface area contributed by atoms with Crippen LogP contribution in [0.15, 0.2) is 54.6 Å². The molecule has 1 amide bonds. The number of likely N-dealkylation sites (N-methyl/N-ethyl adjacent to an activating group) is 1. The summed E-state index contributed by atoms with van der Waals surface area (Å²) in [6.07, 6.45) is 3.53. The Labute approximate surface area is 186 Å². The number of piperidine rings is 1. The molecule has 0 unspecified atom stereocenters. The first kappa shape index (κ1) is 23.3. The third kappa shape index (κ3) is 5.86. The Morgan fingerprint density at radius 1 is 1.03 bits per heavy atom. The fourth-order valence-corrected chi connectivity index (χ4v) is 4.57. The molecule has 0 aliphatic carbocycles. The molecule has 7 heteroatoms. The first-order valence-corrected chi connectivity index (χ1v) is 12.6. The molecule has 0 radical (unpaired) electrons. The second-order valence-electron chi connectivity index (χ2n) is 8.58. The fourth-order valence-electron chi connectivity index (χ4n) is 3.97. The Bertz CT molecular complexity index is 969. The molecular weight excluding hydrogens is 410 g/mol. The van der Waals surface area contributed by atoms with Crippen LogP contribution in [0.3, 0.4) is 0 Å². The number of hydrogen-bond donors (Lipinski definition) is 1. The van der Waals surface area contributed by atoms with Crippen molar-refractivity contribution in [2.24, 2.45) is 5.92 Å². The maximum atomic E-state index is 13.1. The second kappa shape index (κ2) is 9.83. The topological polar surface area (TPSA) is 69.7 Å². The van der Waals surface area contributed by atoms with Gasteiger partial charge in [0.15, 0.2) is 0 Å². The molecule has 0 spiro atoms. The zero-order valence-electron chi connectivity index (χ0n) is 18.8. The van der Waals surface area contributed by atoms with E-state index in [-0.39, 0.29) is 11.9 Å². The van der Waals surface area contributed by atoms with Gasteiger partial charge in [0.25, 0.3) is 0 Å². The van der Waals surface area contributed by atoms with Crippen LogP contribution in [0.2, 0.25) is 0 Å². The van der Waals surface area contributed by atoms with Crippen molar-refractivity contribution in [3.8, 4) is 0 Å². The predicted molar refractivity (Wildman–Crippen MR) is 125 cm³/mol. The summed E-state index contributed by atoms with van der Waals surface area (Å²) in [7, 11) is -2.11. The average Bonchev–Trinajstić information content (AvgIpc) is 2.74. The average molecular weight is 444 g/mol. The van der Waals surface area contributed by atoms with Crippen molar-refractivity contribution in [3.05, 3.63) is 65.7 Å². The summed E-state index contributed by atoms with van der Waals surface area (Å²) in [5.74, 6) is 0.439. The van der Waals surface area contributed by atoms with Gasteiger partial charge in [0.1, 0.15) is 6.04 Å². The smallest absolute Gasteiger partial charge is 0.243 e. The van der Waals surface area contributed by atoms with Gasteiger partial charge in [-0.15, -0.1) is 0 Å². The van der Waals surface area contributed by atoms with E-state index in [9.17, 15) is 13.2 Å². The van der Waals surface area contributed by atoms with E-state index in [2.05, 4.69) is 29.3 Å². The van der Waals surface area contributed by atoms with Gasteiger partial charge in [0.05, 0.1) is 12.3 Å². The van der Waals surface area contributed by atoms with Crippen molar-refractivity contribution in [2.75, 3.05) is 31.3 Å². The summed E-state index contributed by atoms with van der Waals surface area (Å²) >= 11 is 0. The van der Waals surface area contributed by atoms with E-state index in [0.717, 1.165) is 35.1 Å². The first-order valence-electron chi connectivity index (χ1n) is 10.8. The number of anilines is 1. The van der Waals surface area contributed by atoms with Crippen molar-refractivity contribution < 1.29 is 13.2 Å². The summed E-state index contributed by atoms with van der Waals surface area (Å²) in [6.45, 7) is 6.36. The molecule has 1 fully saturated rings. The highest BCUT2D eigenvalue weighted by atomic mass is 32.2. The number of carbonyl (C=O) groups excluding carboxylic acids is 1. The molecule has 1 saturated heterocycles. The van der Waals surface area contributed by atoms with E-state index in [1.807, 2.05) is 25.1 Å². The van der Waals surface area contributed by atoms with E-state index >= 15 is 0 Å². The third-order valence-electron chi connectivity index (χ3n) is 6.15. The molecule has 0 saturated carbocycles. The van der Waals surface area contributed by atoms with Gasteiger partial charge in [-0.05, 0) is 48.9 Å². The minimum Gasteiger partial charge on any atom is -0.372 e. The number of amides is 1. The van der Waals surface area contributed by atoms with Gasteiger partial charge in [0, 0.05) is 25.8 Å². The van der Waals surface area contributed by atoms with Crippen LogP contribution in [0.25, 0.3) is 0 Å². The minimum atomic E-state index is -3.55. The highest BCUT2D eigenvalue weighted by Gasteiger charge is 2.31. The maximum Gasteiger partial charge on any atom is 0.243 e. The summed E-state index contributed by atoms with van der Waals surface area (Å²) in [6, 6.07) is 16.1. The number of nitrogens with zero attached hydrogens (tertiary/aromatic N) is 2. The van der Waals surface area contributed by atoms with E-state index in [0.29, 0.717) is 5.56 Å². The van der Waals surface area contributed by atoms with E-state index in [4.69, 9.17) is 0 Å². The standard InChI is InChI=1S/C24H33N3O3S/c1-18-14-16-27(17-15-18)22-12-10-20(11-13-22)19(2)25-24(28)23(26(3)31(4,29)30)21-8-6-5-7-9-21/h5-13,18-19,23H,14-17H2,1-4H3,(H,25,28)/t19-,23+/m1/s1. The van der Waals surface area contributed by atoms with Crippen LogP contribution >= 0.6 is 0 Å². The van der Waals surface area contributed by atoms with Crippen molar-refractivity contribution in [2.45, 2.75) is 38.8 Å². The largest absolute Gasteiger partial charge is 0.372 e. The lowest BCUT2D eigenvalue weighted by Gasteiger charge is -2.32. The van der Waals surface area contributed by atoms with Crippen LogP contribution in [-0.2, 0) is 14.8 Å². The quantitative estimate of drug-likeness (QED) is 0.708. The zero-order valence-corrected chi connectivity index (χ0v) is 19.6. The number of nitrogens with one attached hydrogen (secondary N) is 1. The summed E-state index contributed by atoms with van der Waals surface area (Å²) in [4.78, 5) is 15.5. The molecular formula is C24H33N3O3S. The highest BCUT2D eigenvalue weighted by Crippen LogP contribution is 2.26. The Kier molecular flexibility index (Phi) is 7.38. The molecule has 0 bridgehead atoms. The molecule has 2 atom stereocenters. The second-order valence-corrected chi connectivity index (χ2v) is 10.6. The third-order valence-corrected chi connectivity index (χ3v) is 7.41. The van der Waals surface area contributed by atoms with E-state index in [1.165, 1.54) is 25.6 Å². The maximum absolute atomic E-state index is 13.1. The van der Waals surface area contributed by atoms with Gasteiger partial charge in [0.2, 0.25) is 15.9 Å². The Morgan fingerprint density at radius 3 is 2.16 bits per heavy atom. The van der Waals surface area contributed by atoms with Crippen molar-refractivity contribution >= 4 is 21.6 Å². The van der Waals surface area contributed by atoms with E-state index in [1.54, 1.807) is 24.3 Å². The van der Waals surface area contributed by atoms with Crippen LogP contribution in [-0.4, -0.2) is 45.0 Å². The van der Waals surface area contributed by atoms with Gasteiger partial charge >= 0.3 is 0 Å². The monoisotopic (exact) mass is 443 g/mol. The zero-order chi connectivity index (χ0) is 22.6. The van der Waals surface area contributed by atoms with Crippen LogP contribution in [0.4, 0.5) is 5.69 Å². The molecule has 6 nitrogen and oxygen atoms in total. The Balaban J connectivity index is 1.73. The lowest BCUT2D eigenvalue weighted by molar-refractivity contribution is -0.125. The lowest BCUT2D eigenvalue weighted by Crippen LogP contribution is -2.42. The summed E-state index contributed by atoms with van der Waals surface area (Å²) in [5.41, 5.74) is 2.82. The van der Waals surface area contributed by atoms with Crippen LogP contribution in [0.1, 0.15) is 49.9 Å². The number of hydrogen-bond acceptors (Lipinski definition) is 4. The molecule has 1 aliphatic heterocycles. The van der Waals surface area contributed by atoms with Crippen molar-refractivity contribution in [1.82, 2.24) is 9.62 Å². The minimum absolute atomic E-state index is 0.248. The van der Waals surface area contributed by atoms with Gasteiger partial charge in [-0.25, -0.2) is 8.42 Å². The van der Waals surface area contributed by atoms with Crippen LogP contribution in [0, 0.1) is 5.92 Å². The van der Waals surface area contributed by atoms with Gasteiger partial charge < -0.3 is 10.2 Å². The molecule has 1 N–H and O–H groups in total. The molecule has 168 valence electrons. The van der Waals surface area contributed by atoms with Gasteiger partial charge in [-0.3, -0.25) is 4.79 Å². The lowest BCUT2D eigenvalue weighted by atomic mass is 9.98. The number of carbonyl (C=O) groups is 1. The molecule has 3 rings (SSSR count). The number of rotatable bonds is 7. The number of benzene rings is 2. The molecule has 31 heavy (non-hydrogen) atoms. The van der Waals surface area contributed by atoms with Crippen molar-refractivity contribution in [1.29, 1.82) is 0 Å². The molecule has 1 aliphatic rings. The van der Waals surface area contributed by atoms with Crippen LogP contribution in [0.5, 0.6) is 0 Å². The van der Waals surface area contributed by atoms with Crippen LogP contribution < -0.4 is 10.2 Å². The van der Waals surface area contributed by atoms with Crippen molar-refractivity contribution in [3.63, 3.8) is 0 Å². The Morgan fingerprint density at radius 2 is 1.61 bits per heavy atom. The SMILES string of the molecule is CC1CCN(c2ccc([C@@H](C)NC(=O)[C@H](c3ccccc3)N(C)S(C)(=O)=O)cc2)CC1. The van der Waals surface area contributed by atoms with Gasteiger partial charge in [-0.2, -0.15) is 4.31 Å². The highest BCUT2D eigenvalue weighted by molar-refractivity contribution is 7.88. The number of sulfonamides is 1. The Hall–Kier alpha value is -2.38. The molecule has 2 aromatic rings. The summed E-state index contributed by atoms with van der Waals surface area (Å²) < 4.78 is 25.4. The molecule has 0 aromatic heterocycles. The van der Waals surface area contributed by atoms with Gasteiger partial charge in [-0.1, -0.05) is 49.4 Å². The molecule has 1 heterocycles. The first-order chi connectivity index (χ1) is 14.7. The molecule has 2 aromatic carbocycles. The normalized spacial score (nSPS) is 17.4. The fraction of sp³-hybridized carbons (Fsp3) is 0.458. The summed E-state index contributed by atoms with van der Waals surface area (Å²) in [5, 5.41) is 2.99. The predicted octanol–water partition coefficient (Wildman–Crippen LogP) is 3.73.